The normalized spacial score (nSPS) is 22.1. The van der Waals surface area contributed by atoms with Crippen LogP contribution >= 0.6 is 0 Å². The van der Waals surface area contributed by atoms with Crippen molar-refractivity contribution in [2.45, 2.75) is 44.8 Å². The number of hydrogen-bond donors (Lipinski definition) is 2. The van der Waals surface area contributed by atoms with Gasteiger partial charge < -0.3 is 10.2 Å². The van der Waals surface area contributed by atoms with E-state index < -0.39 is 12.0 Å². The topological polar surface area (TPSA) is 40.5 Å². The highest BCUT2D eigenvalue weighted by Gasteiger charge is 2.44. The molecule has 11 heavy (non-hydrogen) atoms. The Morgan fingerprint density at radius 3 is 1.64 bits per heavy atom. The molecule has 0 heterocycles. The molecule has 0 radical (unpaired) electrons. The lowest BCUT2D eigenvalue weighted by Gasteiger charge is -2.30. The number of aliphatic hydroxyl groups is 2. The summed E-state index contributed by atoms with van der Waals surface area (Å²) in [4.78, 5) is 0. The molecule has 1 aliphatic carbocycles. The second-order valence-electron chi connectivity index (χ2n) is 3.01. The summed E-state index contributed by atoms with van der Waals surface area (Å²) < 4.78 is 23.3. The van der Waals surface area contributed by atoms with Gasteiger partial charge in [0, 0.05) is 18.9 Å². The van der Waals surface area contributed by atoms with Crippen LogP contribution in [0, 0.1) is 0 Å². The molecule has 68 valence electrons. The molecule has 1 saturated carbocycles. The first-order valence-electron chi connectivity index (χ1n) is 3.57. The molecule has 0 atom stereocenters. The van der Waals surface area contributed by atoms with E-state index in [1.807, 2.05) is 0 Å². The third-order valence-electron chi connectivity index (χ3n) is 1.07. The van der Waals surface area contributed by atoms with Crippen molar-refractivity contribution in [2.75, 3.05) is 0 Å². The molecular weight excluding hydrogens is 154 g/mol. The van der Waals surface area contributed by atoms with E-state index in [4.69, 9.17) is 10.2 Å². The quantitative estimate of drug-likeness (QED) is 0.570. The van der Waals surface area contributed by atoms with Crippen LogP contribution in [0.4, 0.5) is 8.78 Å². The molecule has 2 N–H and O–H groups in total. The van der Waals surface area contributed by atoms with Crippen molar-refractivity contribution < 1.29 is 19.0 Å². The molecule has 1 rings (SSSR count). The van der Waals surface area contributed by atoms with Crippen LogP contribution in [0.1, 0.15) is 26.7 Å². The summed E-state index contributed by atoms with van der Waals surface area (Å²) in [5.74, 6) is -2.56. The second kappa shape index (κ2) is 3.97. The molecule has 0 saturated heterocycles. The van der Waals surface area contributed by atoms with Crippen molar-refractivity contribution in [2.24, 2.45) is 0 Å². The summed E-state index contributed by atoms with van der Waals surface area (Å²) >= 11 is 0. The molecule has 0 unspecified atom stereocenters. The maximum Gasteiger partial charge on any atom is 0.253 e. The van der Waals surface area contributed by atoms with Gasteiger partial charge in [0.15, 0.2) is 0 Å². The number of alkyl halides is 2. The smallest absolute Gasteiger partial charge is 0.253 e. The van der Waals surface area contributed by atoms with Crippen molar-refractivity contribution in [1.82, 2.24) is 0 Å². The predicted molar refractivity (Wildman–Crippen MR) is 37.5 cm³/mol. The molecule has 0 amide bonds. The maximum absolute atomic E-state index is 11.6. The zero-order valence-electron chi connectivity index (χ0n) is 6.72. The third kappa shape index (κ3) is 6.19. The lowest BCUT2D eigenvalue weighted by atomic mass is 9.91. The predicted octanol–water partition coefficient (Wildman–Crippen LogP) is 1.16. The van der Waals surface area contributed by atoms with Crippen molar-refractivity contribution in [3.63, 3.8) is 0 Å². The standard InChI is InChI=1S/C4H6F2O.C3H8O/c5-4(6)1-3(7)2-4;1-3(2)4/h3,7H,1-2H2;3-4H,1-2H3. The minimum absolute atomic E-state index is 0.167. The van der Waals surface area contributed by atoms with Crippen LogP contribution in [0.25, 0.3) is 0 Å². The van der Waals surface area contributed by atoms with Gasteiger partial charge in [-0.15, -0.1) is 0 Å². The van der Waals surface area contributed by atoms with Gasteiger partial charge in [0.05, 0.1) is 6.10 Å². The average molecular weight is 168 g/mol. The highest BCUT2D eigenvalue weighted by molar-refractivity contribution is 4.85. The number of rotatable bonds is 0. The summed E-state index contributed by atoms with van der Waals surface area (Å²) in [6.07, 6.45) is -1.59. The van der Waals surface area contributed by atoms with Crippen LogP contribution in [-0.2, 0) is 0 Å². The van der Waals surface area contributed by atoms with E-state index in [0.29, 0.717) is 0 Å². The second-order valence-corrected chi connectivity index (χ2v) is 3.01. The van der Waals surface area contributed by atoms with Crippen LogP contribution in [0.3, 0.4) is 0 Å². The van der Waals surface area contributed by atoms with Crippen LogP contribution in [0.15, 0.2) is 0 Å². The van der Waals surface area contributed by atoms with E-state index in [-0.39, 0.29) is 18.9 Å². The fourth-order valence-electron chi connectivity index (χ4n) is 0.630. The van der Waals surface area contributed by atoms with Gasteiger partial charge in [0.2, 0.25) is 0 Å². The van der Waals surface area contributed by atoms with Crippen LogP contribution in [-0.4, -0.2) is 28.3 Å². The highest BCUT2D eigenvalue weighted by Crippen LogP contribution is 2.36. The first kappa shape index (κ1) is 10.8. The summed E-state index contributed by atoms with van der Waals surface area (Å²) in [6, 6.07) is 0. The fraction of sp³-hybridized carbons (Fsp3) is 1.00. The van der Waals surface area contributed by atoms with E-state index in [1.165, 1.54) is 0 Å². The molecular formula is C7H14F2O2. The lowest BCUT2D eigenvalue weighted by Crippen LogP contribution is -2.39. The highest BCUT2D eigenvalue weighted by atomic mass is 19.3. The van der Waals surface area contributed by atoms with Gasteiger partial charge in [-0.25, -0.2) is 8.78 Å². The first-order valence-corrected chi connectivity index (χ1v) is 3.57. The van der Waals surface area contributed by atoms with E-state index in [0.717, 1.165) is 0 Å². The van der Waals surface area contributed by atoms with Crippen molar-refractivity contribution in [1.29, 1.82) is 0 Å². The molecule has 0 aromatic carbocycles. The SMILES string of the molecule is CC(C)O.OC1CC(F)(F)C1. The monoisotopic (exact) mass is 168 g/mol. The Balaban J connectivity index is 0.000000218. The lowest BCUT2D eigenvalue weighted by molar-refractivity contribution is -0.143. The molecule has 0 bridgehead atoms. The van der Waals surface area contributed by atoms with Gasteiger partial charge in [-0.3, -0.25) is 0 Å². The zero-order chi connectivity index (χ0) is 9.07. The Hall–Kier alpha value is -0.220. The Labute approximate surface area is 64.8 Å². The summed E-state index contributed by atoms with van der Waals surface area (Å²) in [6.45, 7) is 3.44. The van der Waals surface area contributed by atoms with Gasteiger partial charge in [0.25, 0.3) is 5.92 Å². The molecule has 0 aromatic heterocycles. The molecule has 0 aliphatic heterocycles. The van der Waals surface area contributed by atoms with Gasteiger partial charge in [0.1, 0.15) is 0 Å². The average Bonchev–Trinajstić information content (AvgIpc) is 1.56. The van der Waals surface area contributed by atoms with Crippen LogP contribution < -0.4 is 0 Å². The van der Waals surface area contributed by atoms with E-state index in [9.17, 15) is 8.78 Å². The van der Waals surface area contributed by atoms with Gasteiger partial charge in [-0.2, -0.15) is 0 Å². The van der Waals surface area contributed by atoms with Gasteiger partial charge in [-0.1, -0.05) is 0 Å². The first-order chi connectivity index (χ1) is 4.83. The zero-order valence-corrected chi connectivity index (χ0v) is 6.72. The van der Waals surface area contributed by atoms with Crippen molar-refractivity contribution in [3.05, 3.63) is 0 Å². The Morgan fingerprint density at radius 2 is 1.64 bits per heavy atom. The molecule has 4 heteroatoms. The minimum Gasteiger partial charge on any atom is -0.394 e. The summed E-state index contributed by atoms with van der Waals surface area (Å²) in [5, 5.41) is 16.4. The summed E-state index contributed by atoms with van der Waals surface area (Å²) in [7, 11) is 0. The van der Waals surface area contributed by atoms with Crippen molar-refractivity contribution in [3.8, 4) is 0 Å². The summed E-state index contributed by atoms with van der Waals surface area (Å²) in [5.41, 5.74) is 0. The molecule has 2 nitrogen and oxygen atoms in total. The van der Waals surface area contributed by atoms with E-state index in [2.05, 4.69) is 0 Å². The molecule has 1 fully saturated rings. The van der Waals surface area contributed by atoms with Crippen LogP contribution in [0.2, 0.25) is 0 Å². The number of hydrogen-bond acceptors (Lipinski definition) is 2. The van der Waals surface area contributed by atoms with Crippen LogP contribution in [0.5, 0.6) is 0 Å². The fourth-order valence-corrected chi connectivity index (χ4v) is 0.630. The minimum atomic E-state index is -2.56. The third-order valence-corrected chi connectivity index (χ3v) is 1.07. The molecule has 0 spiro atoms. The van der Waals surface area contributed by atoms with Gasteiger partial charge in [-0.05, 0) is 13.8 Å². The largest absolute Gasteiger partial charge is 0.394 e. The number of halogens is 2. The van der Waals surface area contributed by atoms with Crippen molar-refractivity contribution >= 4 is 0 Å². The number of aliphatic hydroxyl groups excluding tert-OH is 2. The van der Waals surface area contributed by atoms with Gasteiger partial charge >= 0.3 is 0 Å². The Bertz CT molecular complexity index is 104. The van der Waals surface area contributed by atoms with E-state index in [1.54, 1.807) is 13.8 Å². The Morgan fingerprint density at radius 1 is 1.36 bits per heavy atom. The molecule has 0 aromatic rings. The maximum atomic E-state index is 11.6. The Kier molecular flexibility index (Phi) is 3.89. The van der Waals surface area contributed by atoms with E-state index >= 15 is 0 Å². The molecule has 1 aliphatic rings.